The van der Waals surface area contributed by atoms with E-state index in [1.807, 2.05) is 52.0 Å². The lowest BCUT2D eigenvalue weighted by Crippen LogP contribution is -2.39. The number of fused-ring (bicyclic) bond motifs is 1. The first-order valence-electron chi connectivity index (χ1n) is 11.9. The lowest BCUT2D eigenvalue weighted by molar-refractivity contribution is -0.120. The molecule has 0 bridgehead atoms. The average molecular weight is 470 g/mol. The van der Waals surface area contributed by atoms with Gasteiger partial charge in [-0.25, -0.2) is 9.36 Å². The molecule has 0 saturated heterocycles. The summed E-state index contributed by atoms with van der Waals surface area (Å²) in [6.45, 7) is 9.13. The van der Waals surface area contributed by atoms with E-state index in [-0.39, 0.29) is 17.9 Å². The van der Waals surface area contributed by atoms with Crippen LogP contribution in [-0.2, 0) is 17.8 Å². The number of hydrogen-bond donors (Lipinski definition) is 1. The van der Waals surface area contributed by atoms with Crippen LogP contribution in [0.1, 0.15) is 36.1 Å². The van der Waals surface area contributed by atoms with Crippen molar-refractivity contribution in [1.29, 1.82) is 0 Å². The zero-order valence-electron chi connectivity index (χ0n) is 20.7. The third-order valence-corrected chi connectivity index (χ3v) is 6.15. The van der Waals surface area contributed by atoms with E-state index >= 15 is 0 Å². The minimum Gasteiger partial charge on any atom is -0.356 e. The van der Waals surface area contributed by atoms with Crippen LogP contribution in [0.4, 0.5) is 0 Å². The number of nitrogens with one attached hydrogen (secondary N) is 1. The molecule has 1 N–H and O–H groups in total. The van der Waals surface area contributed by atoms with E-state index in [9.17, 15) is 14.4 Å². The molecule has 0 aliphatic heterocycles. The molecule has 4 aromatic rings. The van der Waals surface area contributed by atoms with Gasteiger partial charge in [-0.3, -0.25) is 14.2 Å². The van der Waals surface area contributed by atoms with Crippen molar-refractivity contribution in [2.75, 3.05) is 6.54 Å². The molecule has 6 nitrogen and oxygen atoms in total. The molecule has 1 amide bonds. The highest BCUT2D eigenvalue weighted by Gasteiger charge is 2.16. The number of rotatable bonds is 7. The van der Waals surface area contributed by atoms with Crippen molar-refractivity contribution in [3.05, 3.63) is 110 Å². The fraction of sp³-hybridized carbons (Fsp3) is 0.276. The number of carbonyl (C=O) groups is 1. The second-order valence-electron chi connectivity index (χ2n) is 9.50. The van der Waals surface area contributed by atoms with Crippen molar-refractivity contribution in [2.24, 2.45) is 5.92 Å². The summed E-state index contributed by atoms with van der Waals surface area (Å²) in [4.78, 5) is 39.2. The minimum atomic E-state index is -0.392. The summed E-state index contributed by atoms with van der Waals surface area (Å²) in [6.07, 6.45) is 0.247. The van der Waals surface area contributed by atoms with Crippen molar-refractivity contribution in [2.45, 2.75) is 40.7 Å². The van der Waals surface area contributed by atoms with E-state index in [2.05, 4.69) is 11.4 Å². The van der Waals surface area contributed by atoms with Gasteiger partial charge in [0.15, 0.2) is 0 Å². The van der Waals surface area contributed by atoms with Gasteiger partial charge in [0.2, 0.25) is 5.91 Å². The summed E-state index contributed by atoms with van der Waals surface area (Å²) in [5.41, 5.74) is 4.39. The highest BCUT2D eigenvalue weighted by atomic mass is 16.2. The largest absolute Gasteiger partial charge is 0.356 e. The van der Waals surface area contributed by atoms with Crippen LogP contribution in [0.15, 0.2) is 76.3 Å². The summed E-state index contributed by atoms with van der Waals surface area (Å²) in [6, 6.07) is 20.4. The summed E-state index contributed by atoms with van der Waals surface area (Å²) in [7, 11) is 0. The maximum atomic E-state index is 13.7. The number of benzene rings is 3. The van der Waals surface area contributed by atoms with Gasteiger partial charge in [-0.1, -0.05) is 61.9 Å². The van der Waals surface area contributed by atoms with Crippen LogP contribution in [0, 0.1) is 19.8 Å². The van der Waals surface area contributed by atoms with Crippen LogP contribution in [0.25, 0.3) is 16.6 Å². The Morgan fingerprint density at radius 3 is 2.37 bits per heavy atom. The minimum absolute atomic E-state index is 0.0507. The summed E-state index contributed by atoms with van der Waals surface area (Å²) >= 11 is 0. The highest BCUT2D eigenvalue weighted by molar-refractivity contribution is 5.79. The molecule has 4 rings (SSSR count). The Kier molecular flexibility index (Phi) is 7.01. The average Bonchev–Trinajstić information content (AvgIpc) is 2.83. The van der Waals surface area contributed by atoms with Gasteiger partial charge in [0, 0.05) is 6.54 Å². The van der Waals surface area contributed by atoms with Gasteiger partial charge in [-0.15, -0.1) is 0 Å². The Labute approximate surface area is 204 Å². The Bertz CT molecular complexity index is 1490. The smallest absolute Gasteiger partial charge is 0.336 e. The number of para-hydroxylation sites is 1. The SMILES string of the molecule is Cc1ccc(C)c(Cn2c(=O)n(-c3ccc(CC(=O)NCC(C)C)cc3)c(=O)c3ccccc32)c1. The predicted octanol–water partition coefficient (Wildman–Crippen LogP) is 4.13. The molecule has 0 unspecified atom stereocenters. The molecule has 0 aliphatic rings. The van der Waals surface area contributed by atoms with Crippen LogP contribution in [0.3, 0.4) is 0 Å². The van der Waals surface area contributed by atoms with Gasteiger partial charge in [0.05, 0.1) is 29.6 Å². The molecule has 0 aliphatic carbocycles. The first-order valence-corrected chi connectivity index (χ1v) is 11.9. The molecule has 35 heavy (non-hydrogen) atoms. The molecule has 1 heterocycles. The van der Waals surface area contributed by atoms with Gasteiger partial charge < -0.3 is 5.32 Å². The number of aromatic nitrogens is 2. The van der Waals surface area contributed by atoms with Crippen LogP contribution in [0.2, 0.25) is 0 Å². The zero-order chi connectivity index (χ0) is 25.1. The maximum absolute atomic E-state index is 13.7. The van der Waals surface area contributed by atoms with E-state index in [1.165, 1.54) is 4.57 Å². The van der Waals surface area contributed by atoms with Gasteiger partial charge in [0.1, 0.15) is 0 Å². The maximum Gasteiger partial charge on any atom is 0.336 e. The Hall–Kier alpha value is -3.93. The second kappa shape index (κ2) is 10.1. The third-order valence-electron chi connectivity index (χ3n) is 6.15. The van der Waals surface area contributed by atoms with E-state index in [1.54, 1.807) is 41.0 Å². The molecule has 0 atom stereocenters. The Morgan fingerprint density at radius 1 is 0.943 bits per heavy atom. The molecule has 6 heteroatoms. The van der Waals surface area contributed by atoms with Gasteiger partial charge >= 0.3 is 5.69 Å². The molecule has 0 radical (unpaired) electrons. The fourth-order valence-corrected chi connectivity index (χ4v) is 4.17. The number of carbonyl (C=O) groups excluding carboxylic acids is 1. The molecular formula is C29H31N3O3. The lowest BCUT2D eigenvalue weighted by Gasteiger charge is -2.16. The molecule has 0 saturated carbocycles. The number of amides is 1. The normalized spacial score (nSPS) is 11.2. The third kappa shape index (κ3) is 5.27. The molecule has 3 aromatic carbocycles. The van der Waals surface area contributed by atoms with Crippen LogP contribution < -0.4 is 16.6 Å². The highest BCUT2D eigenvalue weighted by Crippen LogP contribution is 2.16. The molecule has 180 valence electrons. The number of hydrogen-bond acceptors (Lipinski definition) is 3. The van der Waals surface area contributed by atoms with E-state index < -0.39 is 5.69 Å². The quantitative estimate of drug-likeness (QED) is 0.442. The first-order chi connectivity index (χ1) is 16.7. The first kappa shape index (κ1) is 24.2. The summed E-state index contributed by atoms with van der Waals surface area (Å²) in [5, 5.41) is 3.39. The van der Waals surface area contributed by atoms with Gasteiger partial charge in [0.25, 0.3) is 5.56 Å². The van der Waals surface area contributed by atoms with E-state index in [0.717, 1.165) is 22.3 Å². The second-order valence-corrected chi connectivity index (χ2v) is 9.50. The monoisotopic (exact) mass is 469 g/mol. The van der Waals surface area contributed by atoms with Crippen LogP contribution in [-0.4, -0.2) is 21.6 Å². The standard InChI is InChI=1S/C29H31N3O3/c1-19(2)17-30-27(33)16-22-11-13-24(14-12-22)32-28(34)25-7-5-6-8-26(25)31(29(32)35)18-23-15-20(3)9-10-21(23)4/h5-15,19H,16-18H2,1-4H3,(H,30,33). The van der Waals surface area contributed by atoms with Crippen molar-refractivity contribution in [3.8, 4) is 5.69 Å². The zero-order valence-corrected chi connectivity index (χ0v) is 20.7. The molecule has 0 spiro atoms. The number of nitrogens with zero attached hydrogens (tertiary/aromatic N) is 2. The topological polar surface area (TPSA) is 73.1 Å². The van der Waals surface area contributed by atoms with Gasteiger partial charge in [-0.05, 0) is 60.7 Å². The Balaban J connectivity index is 1.76. The van der Waals surface area contributed by atoms with Crippen LogP contribution >= 0.6 is 0 Å². The van der Waals surface area contributed by atoms with Crippen molar-refractivity contribution in [3.63, 3.8) is 0 Å². The van der Waals surface area contributed by atoms with Crippen molar-refractivity contribution < 1.29 is 4.79 Å². The molecule has 1 aromatic heterocycles. The van der Waals surface area contributed by atoms with E-state index in [0.29, 0.717) is 35.6 Å². The van der Waals surface area contributed by atoms with E-state index in [4.69, 9.17) is 0 Å². The summed E-state index contributed by atoms with van der Waals surface area (Å²) in [5.74, 6) is 0.331. The van der Waals surface area contributed by atoms with Crippen molar-refractivity contribution in [1.82, 2.24) is 14.5 Å². The Morgan fingerprint density at radius 2 is 1.66 bits per heavy atom. The molecule has 0 fully saturated rings. The number of aryl methyl sites for hydroxylation is 2. The fourth-order valence-electron chi connectivity index (χ4n) is 4.17. The molecular weight excluding hydrogens is 438 g/mol. The van der Waals surface area contributed by atoms with Gasteiger partial charge in [-0.2, -0.15) is 0 Å². The lowest BCUT2D eigenvalue weighted by atomic mass is 10.1. The predicted molar refractivity (Wildman–Crippen MR) is 140 cm³/mol. The summed E-state index contributed by atoms with van der Waals surface area (Å²) < 4.78 is 2.88. The van der Waals surface area contributed by atoms with Crippen molar-refractivity contribution >= 4 is 16.8 Å². The van der Waals surface area contributed by atoms with Crippen LogP contribution in [0.5, 0.6) is 0 Å².